The normalized spacial score (nSPS) is 23.2. The number of amides is 2. The van der Waals surface area contributed by atoms with Crippen LogP contribution in [0.1, 0.15) is 62.4 Å². The van der Waals surface area contributed by atoms with Crippen LogP contribution in [0.5, 0.6) is 0 Å². The van der Waals surface area contributed by atoms with Gasteiger partial charge < -0.3 is 24.1 Å². The number of nitrogens with one attached hydrogen (secondary N) is 1. The van der Waals surface area contributed by atoms with Crippen LogP contribution in [0, 0.1) is 11.8 Å². The molecule has 2 atom stereocenters. The quantitative estimate of drug-likeness (QED) is 0.726. The molecule has 7 nitrogen and oxygen atoms in total. The maximum Gasteiger partial charge on any atom is 0.410 e. The van der Waals surface area contributed by atoms with E-state index >= 15 is 0 Å². The molecule has 1 aliphatic carbocycles. The molecule has 170 valence electrons. The molecular weight excluding hydrogens is 396 g/mol. The van der Waals surface area contributed by atoms with Gasteiger partial charge in [-0.2, -0.15) is 0 Å². The second-order valence-electron chi connectivity index (χ2n) is 8.57. The molecule has 2 amide bonds. The lowest BCUT2D eigenvalue weighted by Crippen LogP contribution is -2.52. The molecule has 1 aromatic rings. The Balaban J connectivity index is 0.000000178. The number of hydrogen-bond acceptors (Lipinski definition) is 5. The van der Waals surface area contributed by atoms with E-state index in [0.717, 1.165) is 42.7 Å². The van der Waals surface area contributed by atoms with E-state index in [2.05, 4.69) is 12.2 Å². The van der Waals surface area contributed by atoms with E-state index in [1.54, 1.807) is 6.07 Å². The van der Waals surface area contributed by atoms with E-state index in [1.807, 2.05) is 50.0 Å². The summed E-state index contributed by atoms with van der Waals surface area (Å²) in [6.07, 6.45) is 9.86. The first-order valence-corrected chi connectivity index (χ1v) is 11.2. The number of nitrogens with zero attached hydrogens (tertiary/aromatic N) is 1. The highest BCUT2D eigenvalue weighted by molar-refractivity contribution is 5.92. The lowest BCUT2D eigenvalue weighted by Gasteiger charge is -2.38. The van der Waals surface area contributed by atoms with Crippen molar-refractivity contribution >= 4 is 24.2 Å². The monoisotopic (exact) mass is 430 g/mol. The van der Waals surface area contributed by atoms with Crippen LogP contribution in [0.4, 0.5) is 4.79 Å². The highest BCUT2D eigenvalue weighted by atomic mass is 16.6. The molecule has 4 rings (SSSR count). The van der Waals surface area contributed by atoms with E-state index in [4.69, 9.17) is 13.9 Å². The fraction of sp³-hybridized carbons (Fsp3) is 0.583. The van der Waals surface area contributed by atoms with Crippen molar-refractivity contribution in [3.05, 3.63) is 35.3 Å². The molecule has 3 fully saturated rings. The first-order chi connectivity index (χ1) is 14.9. The number of carbonyl (C=O) groups is 2. The summed E-state index contributed by atoms with van der Waals surface area (Å²) in [4.78, 5) is 25.1. The molecule has 31 heavy (non-hydrogen) atoms. The number of fused-ring (bicyclic) bond motifs is 1. The van der Waals surface area contributed by atoms with Crippen molar-refractivity contribution in [1.82, 2.24) is 10.2 Å². The summed E-state index contributed by atoms with van der Waals surface area (Å²) in [5.74, 6) is 2.46. The topological polar surface area (TPSA) is 81.0 Å². The van der Waals surface area contributed by atoms with E-state index in [9.17, 15) is 9.59 Å². The van der Waals surface area contributed by atoms with Crippen LogP contribution in [0.2, 0.25) is 0 Å². The van der Waals surface area contributed by atoms with E-state index in [-0.39, 0.29) is 17.6 Å². The van der Waals surface area contributed by atoms with Crippen molar-refractivity contribution in [2.24, 2.45) is 11.8 Å². The molecular formula is C24H34N2O5. The molecule has 2 saturated heterocycles. The summed E-state index contributed by atoms with van der Waals surface area (Å²) in [6, 6.07) is 1.76. The van der Waals surface area contributed by atoms with Crippen molar-refractivity contribution in [1.29, 1.82) is 0 Å². The van der Waals surface area contributed by atoms with Crippen molar-refractivity contribution in [3.63, 3.8) is 0 Å². The van der Waals surface area contributed by atoms with E-state index in [1.165, 1.54) is 6.42 Å². The zero-order chi connectivity index (χ0) is 22.4. The standard InChI is InChI=1S/C14H19NO2.C10H15NO3/c1-4-7-9-12-11(8-5-2)10-13(17-12)14(16)15-6-3;1-10(5-13-6-10)14-9(12)11-3-7-2-8(7)4-11/h5,7-10H,4,6H2,1-3H3,(H,15,16);7-8H,2-6H2,1H3/b8-5-,9-7+;. The SMILES string of the molecule is C/C=C\c1cc(C(=O)NCC)oc1/C=C/CC.CC1(OC(=O)N2CC3CC3C2)COC1. The zero-order valence-electron chi connectivity index (χ0n) is 19.0. The van der Waals surface area contributed by atoms with Gasteiger partial charge in [-0.1, -0.05) is 25.2 Å². The average Bonchev–Trinajstić information content (AvgIpc) is 3.13. The summed E-state index contributed by atoms with van der Waals surface area (Å²) in [5.41, 5.74) is 0.572. The van der Waals surface area contributed by atoms with Gasteiger partial charge in [0, 0.05) is 25.2 Å². The molecule has 2 aliphatic heterocycles. The van der Waals surface area contributed by atoms with Crippen LogP contribution < -0.4 is 5.32 Å². The molecule has 3 heterocycles. The predicted octanol–water partition coefficient (Wildman–Crippen LogP) is 4.35. The molecule has 0 bridgehead atoms. The first kappa shape index (κ1) is 23.1. The fourth-order valence-electron chi connectivity index (χ4n) is 3.71. The number of rotatable bonds is 6. The molecule has 0 aromatic carbocycles. The van der Waals surface area contributed by atoms with Crippen LogP contribution in [0.15, 0.2) is 22.6 Å². The molecule has 1 N–H and O–H groups in total. The van der Waals surface area contributed by atoms with Gasteiger partial charge >= 0.3 is 6.09 Å². The third-order valence-electron chi connectivity index (χ3n) is 5.59. The van der Waals surface area contributed by atoms with Gasteiger partial charge in [-0.3, -0.25) is 4.79 Å². The lowest BCUT2D eigenvalue weighted by molar-refractivity contribution is -0.171. The van der Waals surface area contributed by atoms with Gasteiger partial charge in [0.15, 0.2) is 11.4 Å². The van der Waals surface area contributed by atoms with Crippen LogP contribution >= 0.6 is 0 Å². The summed E-state index contributed by atoms with van der Waals surface area (Å²) in [6.45, 7) is 11.3. The van der Waals surface area contributed by atoms with Crippen molar-refractivity contribution in [2.75, 3.05) is 32.8 Å². The summed E-state index contributed by atoms with van der Waals surface area (Å²) >= 11 is 0. The minimum atomic E-state index is -0.357. The third-order valence-corrected chi connectivity index (χ3v) is 5.59. The highest BCUT2D eigenvalue weighted by Crippen LogP contribution is 2.45. The van der Waals surface area contributed by atoms with Gasteiger partial charge in [-0.05, 0) is 57.6 Å². The second-order valence-corrected chi connectivity index (χ2v) is 8.57. The second kappa shape index (κ2) is 10.2. The number of allylic oxidation sites excluding steroid dienone is 2. The lowest BCUT2D eigenvalue weighted by atomic mass is 10.1. The minimum absolute atomic E-state index is 0.150. The van der Waals surface area contributed by atoms with Gasteiger partial charge in [-0.25, -0.2) is 4.79 Å². The van der Waals surface area contributed by atoms with Crippen LogP contribution in [-0.4, -0.2) is 55.3 Å². The maximum absolute atomic E-state index is 11.7. The Kier molecular flexibility index (Phi) is 7.59. The number of hydrogen-bond donors (Lipinski definition) is 1. The Morgan fingerprint density at radius 2 is 1.97 bits per heavy atom. The Morgan fingerprint density at radius 1 is 1.26 bits per heavy atom. The smallest absolute Gasteiger partial charge is 0.410 e. The number of carbonyl (C=O) groups excluding carboxylic acids is 2. The Morgan fingerprint density at radius 3 is 2.52 bits per heavy atom. The Bertz CT molecular complexity index is 827. The number of likely N-dealkylation sites (tertiary alicyclic amines) is 1. The Hall–Kier alpha value is -2.54. The third kappa shape index (κ3) is 6.00. The first-order valence-electron chi connectivity index (χ1n) is 11.2. The van der Waals surface area contributed by atoms with Crippen LogP contribution in [0.25, 0.3) is 12.2 Å². The molecule has 0 radical (unpaired) electrons. The molecule has 2 unspecified atom stereocenters. The van der Waals surface area contributed by atoms with Gasteiger partial charge in [0.2, 0.25) is 0 Å². The largest absolute Gasteiger partial charge is 0.451 e. The number of piperidine rings is 1. The van der Waals surface area contributed by atoms with E-state index < -0.39 is 0 Å². The Labute approximate surface area is 184 Å². The summed E-state index contributed by atoms with van der Waals surface area (Å²) in [5, 5.41) is 2.72. The maximum atomic E-state index is 11.7. The van der Waals surface area contributed by atoms with E-state index in [0.29, 0.717) is 25.5 Å². The highest BCUT2D eigenvalue weighted by Gasteiger charge is 2.48. The number of furan rings is 1. The van der Waals surface area contributed by atoms with Crippen molar-refractivity contribution in [3.8, 4) is 0 Å². The molecule has 3 aliphatic rings. The van der Waals surface area contributed by atoms with Crippen LogP contribution in [0.3, 0.4) is 0 Å². The van der Waals surface area contributed by atoms with Gasteiger partial charge in [-0.15, -0.1) is 0 Å². The molecule has 0 spiro atoms. The fourth-order valence-corrected chi connectivity index (χ4v) is 3.71. The average molecular weight is 431 g/mol. The summed E-state index contributed by atoms with van der Waals surface area (Å²) < 4.78 is 16.0. The van der Waals surface area contributed by atoms with Gasteiger partial charge in [0.25, 0.3) is 5.91 Å². The number of ether oxygens (including phenoxy) is 2. The predicted molar refractivity (Wildman–Crippen MR) is 120 cm³/mol. The van der Waals surface area contributed by atoms with Crippen molar-refractivity contribution in [2.45, 2.75) is 46.1 Å². The molecule has 1 saturated carbocycles. The summed E-state index contributed by atoms with van der Waals surface area (Å²) in [7, 11) is 0. The van der Waals surface area contributed by atoms with Crippen molar-refractivity contribution < 1.29 is 23.5 Å². The van der Waals surface area contributed by atoms with Crippen LogP contribution in [-0.2, 0) is 9.47 Å². The molecule has 1 aromatic heterocycles. The van der Waals surface area contributed by atoms with Gasteiger partial charge in [0.1, 0.15) is 5.76 Å². The zero-order valence-corrected chi connectivity index (χ0v) is 19.0. The molecule has 7 heteroatoms. The minimum Gasteiger partial charge on any atom is -0.451 e. The van der Waals surface area contributed by atoms with Gasteiger partial charge in [0.05, 0.1) is 13.2 Å².